The van der Waals surface area contributed by atoms with Crippen LogP contribution in [0.25, 0.3) is 0 Å². The topological polar surface area (TPSA) is 75.2 Å². The zero-order valence-corrected chi connectivity index (χ0v) is 18.6. The number of benzene rings is 1. The zero-order valence-electron chi connectivity index (χ0n) is 17.7. The van der Waals surface area contributed by atoms with Crippen LogP contribution >= 0.6 is 11.3 Å². The maximum absolute atomic E-state index is 13.7. The fourth-order valence-electron chi connectivity index (χ4n) is 4.07. The maximum Gasteiger partial charge on any atom is 0.279 e. The summed E-state index contributed by atoms with van der Waals surface area (Å²) in [4.78, 5) is 38.0. The summed E-state index contributed by atoms with van der Waals surface area (Å²) in [5.74, 6) is -0.505. The molecule has 160 valence electrons. The van der Waals surface area contributed by atoms with E-state index in [0.717, 1.165) is 41.7 Å². The van der Waals surface area contributed by atoms with Crippen molar-refractivity contribution in [2.75, 3.05) is 4.90 Å². The summed E-state index contributed by atoms with van der Waals surface area (Å²) in [5.41, 5.74) is 2.92. The van der Waals surface area contributed by atoms with E-state index >= 15 is 0 Å². The summed E-state index contributed by atoms with van der Waals surface area (Å²) in [7, 11) is 0. The molecule has 2 aromatic heterocycles. The summed E-state index contributed by atoms with van der Waals surface area (Å²) in [6.07, 6.45) is 8.66. The van der Waals surface area contributed by atoms with Crippen molar-refractivity contribution < 1.29 is 9.59 Å². The second-order valence-electron chi connectivity index (χ2n) is 7.89. The molecule has 1 atom stereocenters. The van der Waals surface area contributed by atoms with E-state index in [1.165, 1.54) is 29.9 Å². The van der Waals surface area contributed by atoms with Crippen LogP contribution in [0.2, 0.25) is 0 Å². The number of hydrogen-bond acceptors (Lipinski definition) is 5. The number of rotatable bonds is 6. The van der Waals surface area contributed by atoms with Gasteiger partial charge in [0.25, 0.3) is 5.91 Å². The first-order chi connectivity index (χ1) is 15.1. The molecule has 4 rings (SSSR count). The number of nitrogens with zero attached hydrogens (tertiary/aromatic N) is 3. The van der Waals surface area contributed by atoms with E-state index in [2.05, 4.69) is 15.3 Å². The van der Waals surface area contributed by atoms with Gasteiger partial charge in [-0.1, -0.05) is 31.0 Å². The smallest absolute Gasteiger partial charge is 0.279 e. The second kappa shape index (κ2) is 9.39. The van der Waals surface area contributed by atoms with Crippen molar-refractivity contribution in [3.63, 3.8) is 0 Å². The second-order valence-corrected chi connectivity index (χ2v) is 8.87. The average Bonchev–Trinajstić information content (AvgIpc) is 3.49. The first kappa shape index (κ1) is 21.2. The fourth-order valence-corrected chi connectivity index (χ4v) is 4.88. The van der Waals surface area contributed by atoms with E-state index in [1.807, 2.05) is 49.6 Å². The van der Waals surface area contributed by atoms with Gasteiger partial charge in [0.05, 0.1) is 6.20 Å². The number of amides is 2. The average molecular weight is 435 g/mol. The van der Waals surface area contributed by atoms with E-state index in [0.29, 0.717) is 5.69 Å². The molecule has 1 saturated carbocycles. The fraction of sp³-hybridized carbons (Fsp3) is 0.333. The van der Waals surface area contributed by atoms with E-state index in [-0.39, 0.29) is 23.6 Å². The van der Waals surface area contributed by atoms with Crippen LogP contribution < -0.4 is 10.2 Å². The quantitative estimate of drug-likeness (QED) is 0.615. The molecule has 1 aromatic carbocycles. The molecule has 1 aliphatic rings. The van der Waals surface area contributed by atoms with Crippen LogP contribution in [0.3, 0.4) is 0 Å². The lowest BCUT2D eigenvalue weighted by Gasteiger charge is -2.32. The lowest BCUT2D eigenvalue weighted by molar-refractivity contribution is -0.123. The Labute approximate surface area is 186 Å². The Morgan fingerprint density at radius 2 is 1.94 bits per heavy atom. The summed E-state index contributed by atoms with van der Waals surface area (Å²) < 4.78 is 0. The number of aryl methyl sites for hydroxylation is 1. The molecule has 1 aliphatic carbocycles. The highest BCUT2D eigenvalue weighted by Crippen LogP contribution is 2.35. The maximum atomic E-state index is 13.7. The number of carbonyl (C=O) groups is 2. The Balaban J connectivity index is 1.82. The minimum absolute atomic E-state index is 0.155. The van der Waals surface area contributed by atoms with Gasteiger partial charge in [0, 0.05) is 29.0 Å². The van der Waals surface area contributed by atoms with Gasteiger partial charge >= 0.3 is 0 Å². The third kappa shape index (κ3) is 4.51. The lowest BCUT2D eigenvalue weighted by atomic mass is 10.0. The molecule has 1 N–H and O–H groups in total. The highest BCUT2D eigenvalue weighted by Gasteiger charge is 2.36. The molecule has 1 fully saturated rings. The minimum atomic E-state index is -0.782. The molecule has 1 unspecified atom stereocenters. The Morgan fingerprint density at radius 3 is 2.61 bits per heavy atom. The summed E-state index contributed by atoms with van der Waals surface area (Å²) in [6.45, 7) is 3.98. The van der Waals surface area contributed by atoms with Gasteiger partial charge in [-0.2, -0.15) is 0 Å². The van der Waals surface area contributed by atoms with Gasteiger partial charge in [-0.05, 0) is 55.3 Å². The van der Waals surface area contributed by atoms with Crippen molar-refractivity contribution in [3.05, 3.63) is 76.0 Å². The van der Waals surface area contributed by atoms with Crippen molar-refractivity contribution in [2.45, 2.75) is 51.6 Å². The van der Waals surface area contributed by atoms with Crippen molar-refractivity contribution in [2.24, 2.45) is 0 Å². The number of carbonyl (C=O) groups excluding carboxylic acids is 2. The molecule has 3 aromatic rings. The molecular weight excluding hydrogens is 408 g/mol. The third-order valence-electron chi connectivity index (χ3n) is 5.86. The molecule has 0 spiro atoms. The number of anilines is 1. The van der Waals surface area contributed by atoms with Crippen LogP contribution in [0.5, 0.6) is 0 Å². The van der Waals surface area contributed by atoms with Crippen LogP contribution in [0.15, 0.2) is 54.3 Å². The first-order valence-electron chi connectivity index (χ1n) is 10.6. The zero-order chi connectivity index (χ0) is 21.8. The van der Waals surface area contributed by atoms with Crippen molar-refractivity contribution in [3.8, 4) is 0 Å². The molecule has 0 saturated heterocycles. The molecule has 7 heteroatoms. The predicted octanol–water partition coefficient (Wildman–Crippen LogP) is 4.60. The van der Waals surface area contributed by atoms with E-state index < -0.39 is 6.04 Å². The molecule has 0 radical (unpaired) electrons. The first-order valence-corrected chi connectivity index (χ1v) is 11.4. The molecule has 2 amide bonds. The molecule has 6 nitrogen and oxygen atoms in total. The number of nitrogens with one attached hydrogen (secondary N) is 1. The van der Waals surface area contributed by atoms with E-state index in [9.17, 15) is 9.59 Å². The van der Waals surface area contributed by atoms with Gasteiger partial charge in [0.2, 0.25) is 5.91 Å². The summed E-state index contributed by atoms with van der Waals surface area (Å²) in [5, 5.41) is 5.13. The van der Waals surface area contributed by atoms with E-state index in [1.54, 1.807) is 4.90 Å². The van der Waals surface area contributed by atoms with Gasteiger partial charge in [-0.15, -0.1) is 11.3 Å². The molecule has 31 heavy (non-hydrogen) atoms. The normalized spacial score (nSPS) is 14.9. The number of hydrogen-bond donors (Lipinski definition) is 1. The van der Waals surface area contributed by atoms with Crippen LogP contribution in [0.4, 0.5) is 5.69 Å². The highest BCUT2D eigenvalue weighted by atomic mass is 32.1. The molecule has 2 heterocycles. The summed E-state index contributed by atoms with van der Waals surface area (Å²) in [6, 6.07) is 8.99. The van der Waals surface area contributed by atoms with Gasteiger partial charge in [-0.3, -0.25) is 19.5 Å². The Bertz CT molecular complexity index is 1050. The minimum Gasteiger partial charge on any atom is -0.351 e. The van der Waals surface area contributed by atoms with Crippen LogP contribution in [-0.4, -0.2) is 27.8 Å². The monoisotopic (exact) mass is 434 g/mol. The van der Waals surface area contributed by atoms with Crippen LogP contribution in [0, 0.1) is 13.8 Å². The van der Waals surface area contributed by atoms with Gasteiger partial charge in [0.15, 0.2) is 6.04 Å². The largest absolute Gasteiger partial charge is 0.351 e. The Kier molecular flexibility index (Phi) is 6.42. The Hall–Kier alpha value is -3.06. The lowest BCUT2D eigenvalue weighted by Crippen LogP contribution is -2.46. The van der Waals surface area contributed by atoms with Gasteiger partial charge in [-0.25, -0.2) is 4.98 Å². The number of aromatic nitrogens is 2. The van der Waals surface area contributed by atoms with Gasteiger partial charge < -0.3 is 5.32 Å². The number of thiophene rings is 1. The van der Waals surface area contributed by atoms with Crippen molar-refractivity contribution in [1.82, 2.24) is 15.3 Å². The van der Waals surface area contributed by atoms with Crippen molar-refractivity contribution >= 4 is 28.8 Å². The van der Waals surface area contributed by atoms with E-state index in [4.69, 9.17) is 0 Å². The highest BCUT2D eigenvalue weighted by molar-refractivity contribution is 7.10. The van der Waals surface area contributed by atoms with Crippen LogP contribution in [-0.2, 0) is 4.79 Å². The van der Waals surface area contributed by atoms with Crippen LogP contribution in [0.1, 0.15) is 58.2 Å². The van der Waals surface area contributed by atoms with Crippen molar-refractivity contribution in [1.29, 1.82) is 0 Å². The predicted molar refractivity (Wildman–Crippen MR) is 122 cm³/mol. The Morgan fingerprint density at radius 1 is 1.13 bits per heavy atom. The summed E-state index contributed by atoms with van der Waals surface area (Å²) >= 11 is 1.47. The SMILES string of the molecule is Cc1cccc(N(C(=O)c2cnccn2)C(C(=O)NC2CCCC2)c2cccs2)c1C. The third-order valence-corrected chi connectivity index (χ3v) is 6.78. The van der Waals surface area contributed by atoms with Gasteiger partial charge in [0.1, 0.15) is 5.69 Å². The molecular formula is C24H26N4O2S. The molecule has 0 aliphatic heterocycles. The standard InChI is InChI=1S/C24H26N4O2S/c1-16-7-5-10-20(17(16)2)28(24(30)19-15-25-12-13-26-19)22(21-11-6-14-31-21)23(29)27-18-8-3-4-9-18/h5-7,10-15,18,22H,3-4,8-9H2,1-2H3,(H,27,29). The molecule has 0 bridgehead atoms.